The number of carbonyl (C=O) groups excluding carboxylic acids is 5. The van der Waals surface area contributed by atoms with E-state index in [0.29, 0.717) is 28.2 Å². The number of esters is 2. The van der Waals surface area contributed by atoms with Crippen LogP contribution in [0.15, 0.2) is 91.1 Å². The molecule has 0 aliphatic heterocycles. The number of rotatable bonds is 11. The second-order valence-electron chi connectivity index (χ2n) is 8.77. The minimum Gasteiger partial charge on any atom is -0.497 e. The van der Waals surface area contributed by atoms with Gasteiger partial charge in [0, 0.05) is 22.8 Å². The molecule has 0 spiro atoms. The topological polar surface area (TPSA) is 122 Å². The highest BCUT2D eigenvalue weighted by Crippen LogP contribution is 2.29. The second kappa shape index (κ2) is 18.9. The van der Waals surface area contributed by atoms with Gasteiger partial charge in [-0.3, -0.25) is 14.4 Å². The first kappa shape index (κ1) is 36.7. The van der Waals surface area contributed by atoms with Gasteiger partial charge in [0.1, 0.15) is 24.1 Å². The van der Waals surface area contributed by atoms with Crippen molar-refractivity contribution in [2.75, 3.05) is 14.2 Å². The third kappa shape index (κ3) is 14.2. The lowest BCUT2D eigenvalue weighted by Gasteiger charge is -2.10. The summed E-state index contributed by atoms with van der Waals surface area (Å²) in [5, 5.41) is 0. The smallest absolute Gasteiger partial charge is 0.338 e. The Labute approximate surface area is 246 Å². The van der Waals surface area contributed by atoms with Crippen molar-refractivity contribution in [1.29, 1.82) is 0 Å². The molecule has 42 heavy (non-hydrogen) atoms. The highest BCUT2D eigenvalue weighted by atomic mass is 16.6. The van der Waals surface area contributed by atoms with Gasteiger partial charge in [-0.15, -0.1) is 0 Å². The van der Waals surface area contributed by atoms with Gasteiger partial charge in [0.05, 0.1) is 14.2 Å². The molecule has 0 bridgehead atoms. The largest absolute Gasteiger partial charge is 0.497 e. The molecule has 2 rings (SSSR count). The Morgan fingerprint density at radius 3 is 1.62 bits per heavy atom. The third-order valence-electron chi connectivity index (χ3n) is 4.53. The quantitative estimate of drug-likeness (QED) is 0.103. The molecule has 9 nitrogen and oxygen atoms in total. The Kier molecular flexibility index (Phi) is 16.5. The molecular weight excluding hydrogens is 540 g/mol. The normalized spacial score (nSPS) is 9.48. The van der Waals surface area contributed by atoms with Gasteiger partial charge < -0.3 is 18.9 Å². The van der Waals surface area contributed by atoms with Crippen LogP contribution in [0.25, 0.3) is 6.08 Å². The van der Waals surface area contributed by atoms with Crippen molar-refractivity contribution < 1.29 is 42.9 Å². The number of ketones is 1. The van der Waals surface area contributed by atoms with Crippen molar-refractivity contribution in [3.8, 4) is 23.0 Å². The van der Waals surface area contributed by atoms with Crippen LogP contribution in [0.5, 0.6) is 23.0 Å². The van der Waals surface area contributed by atoms with E-state index < -0.39 is 11.9 Å². The van der Waals surface area contributed by atoms with E-state index >= 15 is 0 Å². The molecule has 0 atom stereocenters. The fourth-order valence-electron chi connectivity index (χ4n) is 2.43. The summed E-state index contributed by atoms with van der Waals surface area (Å²) in [4.78, 5) is 55.1. The standard InChI is InChI=1S/C25H24O7.2C4H6O/c1-15(2)24(27)31-20-12-17(11-19(14-20)29-5)7-9-21(26)18-8-10-22(30-6)23(13-18)32-25(28)16(3)4;2*1-4(2)3-5/h7-14H,1,3H2,2,4-6H3;2*3H,1H2,2H3/b9-7+;;. The van der Waals surface area contributed by atoms with Gasteiger partial charge >= 0.3 is 11.9 Å². The van der Waals surface area contributed by atoms with E-state index in [-0.39, 0.29) is 34.0 Å². The van der Waals surface area contributed by atoms with Crippen molar-refractivity contribution in [2.45, 2.75) is 27.7 Å². The molecule has 0 aliphatic carbocycles. The maximum atomic E-state index is 12.7. The Balaban J connectivity index is 0.00000144. The van der Waals surface area contributed by atoms with Gasteiger partial charge in [-0.2, -0.15) is 0 Å². The molecule has 0 saturated carbocycles. The Morgan fingerprint density at radius 2 is 1.17 bits per heavy atom. The van der Waals surface area contributed by atoms with Gasteiger partial charge in [-0.1, -0.05) is 32.4 Å². The molecule has 9 heteroatoms. The summed E-state index contributed by atoms with van der Waals surface area (Å²) in [6, 6.07) is 9.30. The summed E-state index contributed by atoms with van der Waals surface area (Å²) in [7, 11) is 2.90. The molecule has 0 saturated heterocycles. The lowest BCUT2D eigenvalue weighted by Crippen LogP contribution is -2.09. The predicted molar refractivity (Wildman–Crippen MR) is 162 cm³/mol. The third-order valence-corrected chi connectivity index (χ3v) is 4.53. The van der Waals surface area contributed by atoms with Crippen LogP contribution in [-0.2, 0) is 19.2 Å². The lowest BCUT2D eigenvalue weighted by atomic mass is 10.1. The molecule has 0 heterocycles. The molecule has 0 unspecified atom stereocenters. The number of hydrogen-bond donors (Lipinski definition) is 0. The SMILES string of the molecule is C=C(C)C(=O)Oc1cc(/C=C/C(=O)c2ccc(OC)c(OC(=O)C(=C)C)c2)cc(OC)c1.C=C(C)C=O.C=C(C)C=O. The maximum absolute atomic E-state index is 12.7. The zero-order valence-corrected chi connectivity index (χ0v) is 24.8. The van der Waals surface area contributed by atoms with Crippen LogP contribution >= 0.6 is 0 Å². The van der Waals surface area contributed by atoms with Gasteiger partial charge in [-0.25, -0.2) is 9.59 Å². The number of ether oxygens (including phenoxy) is 4. The first-order chi connectivity index (χ1) is 19.7. The van der Waals surface area contributed by atoms with E-state index in [9.17, 15) is 24.0 Å². The average molecular weight is 577 g/mol. The lowest BCUT2D eigenvalue weighted by molar-refractivity contribution is -0.131. The number of hydrogen-bond acceptors (Lipinski definition) is 9. The van der Waals surface area contributed by atoms with Crippen molar-refractivity contribution in [3.63, 3.8) is 0 Å². The average Bonchev–Trinajstić information content (AvgIpc) is 2.95. The monoisotopic (exact) mass is 576 g/mol. The summed E-state index contributed by atoms with van der Waals surface area (Å²) >= 11 is 0. The van der Waals surface area contributed by atoms with Crippen molar-refractivity contribution in [1.82, 2.24) is 0 Å². The molecule has 0 amide bonds. The van der Waals surface area contributed by atoms with Crippen LogP contribution in [0.1, 0.15) is 43.6 Å². The summed E-state index contributed by atoms with van der Waals surface area (Å²) in [6.45, 7) is 20.1. The van der Waals surface area contributed by atoms with Gasteiger partial charge in [0.25, 0.3) is 0 Å². The molecule has 0 aliphatic rings. The minimum absolute atomic E-state index is 0.107. The first-order valence-electron chi connectivity index (χ1n) is 12.2. The van der Waals surface area contributed by atoms with E-state index in [4.69, 9.17) is 18.9 Å². The molecule has 0 fully saturated rings. The van der Waals surface area contributed by atoms with Crippen molar-refractivity contribution >= 4 is 36.4 Å². The predicted octanol–water partition coefficient (Wildman–Crippen LogP) is 6.09. The number of methoxy groups -OCH3 is 2. The second-order valence-corrected chi connectivity index (χ2v) is 8.77. The van der Waals surface area contributed by atoms with Gasteiger partial charge in [-0.05, 0) is 80.8 Å². The van der Waals surface area contributed by atoms with Crippen LogP contribution in [0.3, 0.4) is 0 Å². The minimum atomic E-state index is -0.628. The Bertz CT molecular complexity index is 1380. The van der Waals surface area contributed by atoms with Crippen molar-refractivity contribution in [3.05, 3.63) is 102 Å². The molecular formula is C33H36O9. The van der Waals surface area contributed by atoms with E-state index in [1.165, 1.54) is 39.4 Å². The van der Waals surface area contributed by atoms with Crippen molar-refractivity contribution in [2.24, 2.45) is 0 Å². The summed E-state index contributed by atoms with van der Waals surface area (Å²) in [5.41, 5.74) is 2.47. The fourth-order valence-corrected chi connectivity index (χ4v) is 2.43. The Hall–Kier alpha value is -5.31. The molecule has 2 aromatic rings. The molecule has 0 N–H and O–H groups in total. The van der Waals surface area contributed by atoms with E-state index in [2.05, 4.69) is 26.3 Å². The van der Waals surface area contributed by atoms with Gasteiger partial charge in [0.2, 0.25) is 0 Å². The zero-order valence-electron chi connectivity index (χ0n) is 24.8. The van der Waals surface area contributed by atoms with E-state index in [1.807, 2.05) is 0 Å². The van der Waals surface area contributed by atoms with Gasteiger partial charge in [0.15, 0.2) is 17.3 Å². The molecule has 0 aromatic heterocycles. The van der Waals surface area contributed by atoms with Crippen LogP contribution in [-0.4, -0.2) is 44.5 Å². The molecule has 0 radical (unpaired) electrons. The van der Waals surface area contributed by atoms with Crippen LogP contribution in [0.4, 0.5) is 0 Å². The number of aldehydes is 2. The highest BCUT2D eigenvalue weighted by molar-refractivity contribution is 6.07. The van der Waals surface area contributed by atoms with Crippen LogP contribution in [0.2, 0.25) is 0 Å². The number of allylic oxidation sites excluding steroid dienone is 3. The van der Waals surface area contributed by atoms with Crippen LogP contribution in [0, 0.1) is 0 Å². The first-order valence-corrected chi connectivity index (χ1v) is 12.2. The summed E-state index contributed by atoms with van der Waals surface area (Å²) in [5.74, 6) is -0.433. The fraction of sp³-hybridized carbons (Fsp3) is 0.182. The van der Waals surface area contributed by atoms with E-state index in [1.54, 1.807) is 51.1 Å². The molecule has 2 aromatic carbocycles. The summed E-state index contributed by atoms with van der Waals surface area (Å²) < 4.78 is 20.9. The molecule has 222 valence electrons. The Morgan fingerprint density at radius 1 is 0.667 bits per heavy atom. The number of carbonyl (C=O) groups is 5. The summed E-state index contributed by atoms with van der Waals surface area (Å²) in [6.07, 6.45) is 4.33. The zero-order chi connectivity index (χ0) is 32.4. The maximum Gasteiger partial charge on any atom is 0.338 e. The van der Waals surface area contributed by atoms with Crippen LogP contribution < -0.4 is 18.9 Å². The highest BCUT2D eigenvalue weighted by Gasteiger charge is 2.14. The van der Waals surface area contributed by atoms with E-state index in [0.717, 1.165) is 12.6 Å². The number of benzene rings is 2.